The standard InChI is InChI=1S/C11H16N2O4S2/c1-18(14,15)8-19(16,17)13-6-2-3-9-4-5-10(12)7-11(9)13/h4-5,7H,2-3,6,8,12H2,1H3. The van der Waals surface area contributed by atoms with Crippen molar-refractivity contribution in [3.8, 4) is 0 Å². The van der Waals surface area contributed by atoms with E-state index < -0.39 is 24.9 Å². The second-order valence-corrected chi connectivity index (χ2v) is 9.12. The highest BCUT2D eigenvalue weighted by Crippen LogP contribution is 2.31. The topological polar surface area (TPSA) is 97.5 Å². The van der Waals surface area contributed by atoms with Crippen LogP contribution in [-0.4, -0.2) is 34.7 Å². The van der Waals surface area contributed by atoms with Crippen molar-refractivity contribution in [1.82, 2.24) is 0 Å². The molecule has 1 heterocycles. The van der Waals surface area contributed by atoms with Crippen molar-refractivity contribution in [1.29, 1.82) is 0 Å². The highest BCUT2D eigenvalue weighted by molar-refractivity contribution is 8.08. The zero-order chi connectivity index (χ0) is 14.3. The minimum Gasteiger partial charge on any atom is -0.399 e. The largest absolute Gasteiger partial charge is 0.399 e. The van der Waals surface area contributed by atoms with Crippen LogP contribution in [-0.2, 0) is 26.3 Å². The Kier molecular flexibility index (Phi) is 3.48. The van der Waals surface area contributed by atoms with E-state index in [1.807, 2.05) is 0 Å². The van der Waals surface area contributed by atoms with E-state index in [0.29, 0.717) is 17.8 Å². The van der Waals surface area contributed by atoms with Gasteiger partial charge in [-0.1, -0.05) is 6.07 Å². The maximum Gasteiger partial charge on any atom is 0.249 e. The lowest BCUT2D eigenvalue weighted by Crippen LogP contribution is -2.38. The molecule has 8 heteroatoms. The number of anilines is 2. The summed E-state index contributed by atoms with van der Waals surface area (Å²) >= 11 is 0. The molecule has 1 aliphatic heterocycles. The van der Waals surface area contributed by atoms with E-state index in [9.17, 15) is 16.8 Å². The fourth-order valence-electron chi connectivity index (χ4n) is 2.18. The smallest absolute Gasteiger partial charge is 0.249 e. The van der Waals surface area contributed by atoms with Gasteiger partial charge in [0, 0.05) is 18.5 Å². The number of hydrogen-bond acceptors (Lipinski definition) is 5. The van der Waals surface area contributed by atoms with Gasteiger partial charge in [0.15, 0.2) is 14.9 Å². The predicted octanol–water partition coefficient (Wildman–Crippen LogP) is 0.353. The first kappa shape index (κ1) is 14.1. The van der Waals surface area contributed by atoms with Crippen LogP contribution < -0.4 is 10.0 Å². The third-order valence-electron chi connectivity index (χ3n) is 2.88. The van der Waals surface area contributed by atoms with E-state index in [-0.39, 0.29) is 6.54 Å². The highest BCUT2D eigenvalue weighted by atomic mass is 32.3. The lowest BCUT2D eigenvalue weighted by atomic mass is 10.0. The molecular weight excluding hydrogens is 288 g/mol. The number of nitrogens with two attached hydrogens (primary N) is 1. The fourth-order valence-corrected chi connectivity index (χ4v) is 5.73. The van der Waals surface area contributed by atoms with E-state index in [4.69, 9.17) is 5.73 Å². The average molecular weight is 304 g/mol. The van der Waals surface area contributed by atoms with Gasteiger partial charge in [0.25, 0.3) is 0 Å². The first-order chi connectivity index (χ1) is 8.69. The Bertz CT molecular complexity index is 695. The molecule has 0 spiro atoms. The van der Waals surface area contributed by atoms with Crippen LogP contribution >= 0.6 is 0 Å². The number of aryl methyl sites for hydroxylation is 1. The first-order valence-electron chi connectivity index (χ1n) is 5.75. The normalized spacial score (nSPS) is 16.2. The second kappa shape index (κ2) is 4.68. The number of nitrogen functional groups attached to an aromatic ring is 1. The molecular formula is C11H16N2O4S2. The van der Waals surface area contributed by atoms with Gasteiger partial charge in [0.1, 0.15) is 0 Å². The Morgan fingerprint density at radius 2 is 1.95 bits per heavy atom. The van der Waals surface area contributed by atoms with Crippen LogP contribution in [0.15, 0.2) is 18.2 Å². The van der Waals surface area contributed by atoms with Gasteiger partial charge in [0.05, 0.1) is 5.69 Å². The van der Waals surface area contributed by atoms with Crippen molar-refractivity contribution in [3.05, 3.63) is 23.8 Å². The Labute approximate surface area is 113 Å². The van der Waals surface area contributed by atoms with Crippen molar-refractivity contribution in [2.24, 2.45) is 0 Å². The van der Waals surface area contributed by atoms with Gasteiger partial charge < -0.3 is 5.73 Å². The summed E-state index contributed by atoms with van der Waals surface area (Å²) in [4.78, 5) is 0. The van der Waals surface area contributed by atoms with Crippen molar-refractivity contribution >= 4 is 31.2 Å². The van der Waals surface area contributed by atoms with E-state index >= 15 is 0 Å². The minimum atomic E-state index is -3.88. The summed E-state index contributed by atoms with van der Waals surface area (Å²) in [6.45, 7) is 0.286. The molecule has 0 aliphatic carbocycles. The second-order valence-electron chi connectivity index (χ2n) is 4.72. The van der Waals surface area contributed by atoms with E-state index in [2.05, 4.69) is 0 Å². The van der Waals surface area contributed by atoms with Gasteiger partial charge in [0.2, 0.25) is 10.0 Å². The van der Waals surface area contributed by atoms with Gasteiger partial charge in [-0.2, -0.15) is 0 Å². The Hall–Kier alpha value is -1.28. The van der Waals surface area contributed by atoms with Crippen molar-refractivity contribution < 1.29 is 16.8 Å². The lowest BCUT2D eigenvalue weighted by Gasteiger charge is -2.30. The molecule has 1 aliphatic rings. The van der Waals surface area contributed by atoms with Gasteiger partial charge in [-0.25, -0.2) is 16.8 Å². The summed E-state index contributed by atoms with van der Waals surface area (Å²) in [7, 11) is -7.49. The van der Waals surface area contributed by atoms with Crippen LogP contribution in [0.1, 0.15) is 12.0 Å². The molecule has 0 atom stereocenters. The van der Waals surface area contributed by atoms with Gasteiger partial charge in [-0.05, 0) is 30.5 Å². The van der Waals surface area contributed by atoms with Gasteiger partial charge in [-0.15, -0.1) is 0 Å². The monoisotopic (exact) mass is 304 g/mol. The Balaban J connectivity index is 2.46. The molecule has 1 aromatic rings. The average Bonchev–Trinajstić information content (AvgIpc) is 2.24. The number of benzene rings is 1. The molecule has 2 rings (SSSR count). The van der Waals surface area contributed by atoms with Crippen molar-refractivity contribution in [3.63, 3.8) is 0 Å². The summed E-state index contributed by atoms with van der Waals surface area (Å²) in [5, 5.41) is -0.881. The summed E-state index contributed by atoms with van der Waals surface area (Å²) in [5.74, 6) is 0. The van der Waals surface area contributed by atoms with Crippen LogP contribution in [0.3, 0.4) is 0 Å². The fraction of sp³-hybridized carbons (Fsp3) is 0.455. The SMILES string of the molecule is CS(=O)(=O)CS(=O)(=O)N1CCCc2ccc(N)cc21. The molecule has 0 amide bonds. The van der Waals surface area contributed by atoms with Gasteiger partial charge >= 0.3 is 0 Å². The molecule has 0 bridgehead atoms. The molecule has 0 saturated carbocycles. The van der Waals surface area contributed by atoms with E-state index in [0.717, 1.165) is 22.5 Å². The molecule has 2 N–H and O–H groups in total. The maximum atomic E-state index is 12.2. The summed E-state index contributed by atoms with van der Waals surface area (Å²) in [6, 6.07) is 5.08. The van der Waals surface area contributed by atoms with Gasteiger partial charge in [-0.3, -0.25) is 4.31 Å². The predicted molar refractivity (Wildman–Crippen MR) is 75.2 cm³/mol. The molecule has 0 saturated heterocycles. The molecule has 19 heavy (non-hydrogen) atoms. The molecule has 0 aromatic heterocycles. The first-order valence-corrected chi connectivity index (χ1v) is 9.42. The summed E-state index contributed by atoms with van der Waals surface area (Å²) in [5.41, 5.74) is 7.50. The number of sulfone groups is 1. The zero-order valence-electron chi connectivity index (χ0n) is 10.5. The van der Waals surface area contributed by atoms with Crippen LogP contribution in [0.4, 0.5) is 11.4 Å². The van der Waals surface area contributed by atoms with Crippen molar-refractivity contribution in [2.45, 2.75) is 12.8 Å². The molecule has 0 radical (unpaired) electrons. The molecule has 106 valence electrons. The van der Waals surface area contributed by atoms with Crippen LogP contribution in [0.5, 0.6) is 0 Å². The summed E-state index contributed by atoms with van der Waals surface area (Å²) in [6.07, 6.45) is 2.34. The van der Waals surface area contributed by atoms with Crippen LogP contribution in [0.25, 0.3) is 0 Å². The van der Waals surface area contributed by atoms with Crippen LogP contribution in [0.2, 0.25) is 0 Å². The lowest BCUT2D eigenvalue weighted by molar-refractivity contribution is 0.585. The van der Waals surface area contributed by atoms with E-state index in [1.54, 1.807) is 18.2 Å². The molecule has 1 aromatic carbocycles. The zero-order valence-corrected chi connectivity index (χ0v) is 12.2. The molecule has 0 fully saturated rings. The van der Waals surface area contributed by atoms with Crippen molar-refractivity contribution in [2.75, 3.05) is 27.9 Å². The number of sulfonamides is 1. The summed E-state index contributed by atoms with van der Waals surface area (Å²) < 4.78 is 48.0. The Morgan fingerprint density at radius 3 is 2.58 bits per heavy atom. The third kappa shape index (κ3) is 3.19. The number of nitrogens with zero attached hydrogens (tertiary/aromatic N) is 1. The number of hydrogen-bond donors (Lipinski definition) is 1. The molecule has 0 unspecified atom stereocenters. The minimum absolute atomic E-state index is 0.286. The Morgan fingerprint density at radius 1 is 1.26 bits per heavy atom. The quantitative estimate of drug-likeness (QED) is 0.813. The molecule has 6 nitrogen and oxygen atoms in total. The highest BCUT2D eigenvalue weighted by Gasteiger charge is 2.30. The number of rotatable bonds is 3. The third-order valence-corrected chi connectivity index (χ3v) is 6.84. The maximum absolute atomic E-state index is 12.2. The van der Waals surface area contributed by atoms with E-state index in [1.165, 1.54) is 0 Å². The van der Waals surface area contributed by atoms with Crippen LogP contribution in [0, 0.1) is 0 Å². The number of fused-ring (bicyclic) bond motifs is 1.